The standard InChI is InChI=1S/C14H11F3N2O2/c15-14(16,17)9-3-1-8(2-4-9)12-18-11-7-21-6-5-10(11)13(20)19-12/h1-4H,5-7H2,(H,18,19,20). The number of ether oxygens (including phenoxy) is 1. The number of nitrogens with one attached hydrogen (secondary N) is 1. The first-order valence-electron chi connectivity index (χ1n) is 6.32. The predicted octanol–water partition coefficient (Wildman–Crippen LogP) is 2.53. The molecule has 0 saturated carbocycles. The van der Waals surface area contributed by atoms with E-state index < -0.39 is 11.7 Å². The number of hydrogen-bond donors (Lipinski definition) is 1. The van der Waals surface area contributed by atoms with Crippen LogP contribution in [0.2, 0.25) is 0 Å². The van der Waals surface area contributed by atoms with Crippen molar-refractivity contribution < 1.29 is 17.9 Å². The molecular weight excluding hydrogens is 285 g/mol. The Hall–Kier alpha value is -2.15. The van der Waals surface area contributed by atoms with Gasteiger partial charge in [-0.3, -0.25) is 4.79 Å². The fraction of sp³-hybridized carbons (Fsp3) is 0.286. The smallest absolute Gasteiger partial charge is 0.375 e. The molecule has 110 valence electrons. The van der Waals surface area contributed by atoms with Gasteiger partial charge in [-0.05, 0) is 12.1 Å². The van der Waals surface area contributed by atoms with Crippen molar-refractivity contribution in [3.8, 4) is 11.4 Å². The number of nitrogens with zero attached hydrogens (tertiary/aromatic N) is 1. The molecule has 1 aromatic carbocycles. The number of alkyl halides is 3. The number of benzene rings is 1. The summed E-state index contributed by atoms with van der Waals surface area (Å²) in [5, 5.41) is 0. The molecule has 2 heterocycles. The summed E-state index contributed by atoms with van der Waals surface area (Å²) in [6.45, 7) is 0.713. The van der Waals surface area contributed by atoms with Gasteiger partial charge >= 0.3 is 6.18 Å². The normalized spacial score (nSPS) is 14.8. The molecule has 7 heteroatoms. The SMILES string of the molecule is O=c1[nH]c(-c2ccc(C(F)(F)F)cc2)nc2c1CCOC2. The number of aromatic amines is 1. The monoisotopic (exact) mass is 296 g/mol. The maximum Gasteiger partial charge on any atom is 0.416 e. The van der Waals surface area contributed by atoms with Crippen molar-refractivity contribution in [2.24, 2.45) is 0 Å². The molecular formula is C14H11F3N2O2. The van der Waals surface area contributed by atoms with E-state index in [1.165, 1.54) is 12.1 Å². The molecule has 0 atom stereocenters. The van der Waals surface area contributed by atoms with Gasteiger partial charge in [0, 0.05) is 17.5 Å². The Kier molecular flexibility index (Phi) is 3.29. The first kappa shape index (κ1) is 13.8. The fourth-order valence-corrected chi connectivity index (χ4v) is 2.22. The van der Waals surface area contributed by atoms with Gasteiger partial charge in [-0.25, -0.2) is 4.98 Å². The molecule has 0 aliphatic carbocycles. The Balaban J connectivity index is 2.01. The van der Waals surface area contributed by atoms with E-state index in [0.29, 0.717) is 29.8 Å². The van der Waals surface area contributed by atoms with Crippen LogP contribution in [0.3, 0.4) is 0 Å². The second kappa shape index (κ2) is 5.00. The van der Waals surface area contributed by atoms with Crippen LogP contribution < -0.4 is 5.56 Å². The van der Waals surface area contributed by atoms with Gasteiger partial charge in [0.25, 0.3) is 5.56 Å². The number of hydrogen-bond acceptors (Lipinski definition) is 3. The van der Waals surface area contributed by atoms with Crippen molar-refractivity contribution >= 4 is 0 Å². The molecule has 1 aliphatic rings. The van der Waals surface area contributed by atoms with Crippen LogP contribution in [0.4, 0.5) is 13.2 Å². The minimum Gasteiger partial charge on any atom is -0.375 e. The molecule has 21 heavy (non-hydrogen) atoms. The minimum atomic E-state index is -4.39. The first-order valence-corrected chi connectivity index (χ1v) is 6.32. The molecule has 0 saturated heterocycles. The lowest BCUT2D eigenvalue weighted by molar-refractivity contribution is -0.137. The summed E-state index contributed by atoms with van der Waals surface area (Å²) in [6, 6.07) is 4.50. The fourth-order valence-electron chi connectivity index (χ4n) is 2.22. The van der Waals surface area contributed by atoms with Crippen LogP contribution in [0.25, 0.3) is 11.4 Å². The lowest BCUT2D eigenvalue weighted by Crippen LogP contribution is -2.24. The third kappa shape index (κ3) is 2.69. The van der Waals surface area contributed by atoms with Gasteiger partial charge in [0.15, 0.2) is 0 Å². The molecule has 1 aromatic heterocycles. The summed E-state index contributed by atoms with van der Waals surface area (Å²) >= 11 is 0. The topological polar surface area (TPSA) is 55.0 Å². The molecule has 1 N–H and O–H groups in total. The molecule has 3 rings (SSSR count). The van der Waals surface area contributed by atoms with E-state index >= 15 is 0 Å². The van der Waals surface area contributed by atoms with Crippen molar-refractivity contribution in [3.05, 3.63) is 51.4 Å². The highest BCUT2D eigenvalue weighted by molar-refractivity contribution is 5.56. The Labute approximate surface area is 117 Å². The maximum atomic E-state index is 12.5. The quantitative estimate of drug-likeness (QED) is 0.880. The molecule has 0 bridgehead atoms. The van der Waals surface area contributed by atoms with E-state index in [2.05, 4.69) is 9.97 Å². The molecule has 0 unspecified atom stereocenters. The van der Waals surface area contributed by atoms with E-state index in [1.54, 1.807) is 0 Å². The van der Waals surface area contributed by atoms with Crippen LogP contribution in [0, 0.1) is 0 Å². The molecule has 0 spiro atoms. The van der Waals surface area contributed by atoms with Crippen molar-refractivity contribution in [3.63, 3.8) is 0 Å². The van der Waals surface area contributed by atoms with Gasteiger partial charge in [-0.2, -0.15) is 13.2 Å². The van der Waals surface area contributed by atoms with Crippen molar-refractivity contribution in [2.45, 2.75) is 19.2 Å². The Morgan fingerprint density at radius 3 is 2.57 bits per heavy atom. The highest BCUT2D eigenvalue weighted by Crippen LogP contribution is 2.30. The van der Waals surface area contributed by atoms with Crippen LogP contribution in [-0.4, -0.2) is 16.6 Å². The van der Waals surface area contributed by atoms with E-state index in [4.69, 9.17) is 4.74 Å². The summed E-state index contributed by atoms with van der Waals surface area (Å²) in [5.41, 5.74) is 0.540. The molecule has 2 aromatic rings. The van der Waals surface area contributed by atoms with E-state index in [0.717, 1.165) is 12.1 Å². The van der Waals surface area contributed by atoms with Crippen molar-refractivity contribution in [1.29, 1.82) is 0 Å². The van der Waals surface area contributed by atoms with Crippen molar-refractivity contribution in [2.75, 3.05) is 6.61 Å². The number of fused-ring (bicyclic) bond motifs is 1. The summed E-state index contributed by atoms with van der Waals surface area (Å²) in [4.78, 5) is 18.8. The Morgan fingerprint density at radius 1 is 1.19 bits per heavy atom. The van der Waals surface area contributed by atoms with E-state index in [9.17, 15) is 18.0 Å². The molecule has 1 aliphatic heterocycles. The average molecular weight is 296 g/mol. The molecule has 0 amide bonds. The predicted molar refractivity (Wildman–Crippen MR) is 68.7 cm³/mol. The van der Waals surface area contributed by atoms with Crippen molar-refractivity contribution in [1.82, 2.24) is 9.97 Å². The van der Waals surface area contributed by atoms with Gasteiger partial charge in [-0.15, -0.1) is 0 Å². The number of rotatable bonds is 1. The van der Waals surface area contributed by atoms with Crippen LogP contribution >= 0.6 is 0 Å². The van der Waals surface area contributed by atoms with Crippen LogP contribution in [0.15, 0.2) is 29.1 Å². The largest absolute Gasteiger partial charge is 0.416 e. The van der Waals surface area contributed by atoms with Gasteiger partial charge in [-0.1, -0.05) is 12.1 Å². The molecule has 4 nitrogen and oxygen atoms in total. The van der Waals surface area contributed by atoms with Crippen LogP contribution in [0.1, 0.15) is 16.8 Å². The molecule has 0 fully saturated rings. The summed E-state index contributed by atoms with van der Waals surface area (Å²) in [7, 11) is 0. The second-order valence-corrected chi connectivity index (χ2v) is 4.72. The average Bonchev–Trinajstić information content (AvgIpc) is 2.46. The number of aromatic nitrogens is 2. The van der Waals surface area contributed by atoms with Crippen LogP contribution in [-0.2, 0) is 23.9 Å². The number of halogens is 3. The third-order valence-corrected chi connectivity index (χ3v) is 3.32. The molecule has 0 radical (unpaired) electrons. The van der Waals surface area contributed by atoms with Gasteiger partial charge in [0.05, 0.1) is 24.5 Å². The van der Waals surface area contributed by atoms with E-state index in [-0.39, 0.29) is 18.0 Å². The highest BCUT2D eigenvalue weighted by Gasteiger charge is 2.30. The van der Waals surface area contributed by atoms with Gasteiger partial charge < -0.3 is 9.72 Å². The zero-order chi connectivity index (χ0) is 15.0. The first-order chi connectivity index (χ1) is 9.95. The maximum absolute atomic E-state index is 12.5. The summed E-state index contributed by atoms with van der Waals surface area (Å²) in [5.74, 6) is 0.248. The highest BCUT2D eigenvalue weighted by atomic mass is 19.4. The third-order valence-electron chi connectivity index (χ3n) is 3.32. The second-order valence-electron chi connectivity index (χ2n) is 4.72. The summed E-state index contributed by atoms with van der Waals surface area (Å²) < 4.78 is 42.8. The Bertz CT molecular complexity index is 720. The minimum absolute atomic E-state index is 0.243. The van der Waals surface area contributed by atoms with Gasteiger partial charge in [0.2, 0.25) is 0 Å². The Morgan fingerprint density at radius 2 is 1.90 bits per heavy atom. The lowest BCUT2D eigenvalue weighted by Gasteiger charge is -2.15. The summed E-state index contributed by atoms with van der Waals surface area (Å²) in [6.07, 6.45) is -3.89. The van der Waals surface area contributed by atoms with Gasteiger partial charge in [0.1, 0.15) is 5.82 Å². The number of H-pyrrole nitrogens is 1. The zero-order valence-corrected chi connectivity index (χ0v) is 10.8. The van der Waals surface area contributed by atoms with E-state index in [1.807, 2.05) is 0 Å². The van der Waals surface area contributed by atoms with Crippen LogP contribution in [0.5, 0.6) is 0 Å². The zero-order valence-electron chi connectivity index (χ0n) is 10.8. The lowest BCUT2D eigenvalue weighted by atomic mass is 10.1.